The van der Waals surface area contributed by atoms with E-state index in [9.17, 15) is 4.79 Å². The van der Waals surface area contributed by atoms with Crippen LogP contribution in [-0.2, 0) is 24.4 Å². The SMILES string of the molecule is CC(C)c1nnc(NCc2cc3n(n2)CCCN(C(=O)C2CCC2)C3)s1. The Morgan fingerprint density at radius 2 is 2.15 bits per heavy atom. The average molecular weight is 375 g/mol. The summed E-state index contributed by atoms with van der Waals surface area (Å²) in [6, 6.07) is 2.11. The Balaban J connectivity index is 1.40. The molecule has 4 rings (SSSR count). The largest absolute Gasteiger partial charge is 0.354 e. The van der Waals surface area contributed by atoms with Crippen molar-refractivity contribution in [3.8, 4) is 0 Å². The van der Waals surface area contributed by atoms with Crippen molar-refractivity contribution in [3.63, 3.8) is 0 Å². The van der Waals surface area contributed by atoms with Gasteiger partial charge >= 0.3 is 0 Å². The Morgan fingerprint density at radius 3 is 2.85 bits per heavy atom. The topological polar surface area (TPSA) is 75.9 Å². The molecule has 0 unspecified atom stereocenters. The van der Waals surface area contributed by atoms with Crippen LogP contribution >= 0.6 is 11.3 Å². The van der Waals surface area contributed by atoms with Crippen molar-refractivity contribution in [3.05, 3.63) is 22.5 Å². The Kier molecular flexibility index (Phi) is 4.93. The van der Waals surface area contributed by atoms with E-state index in [4.69, 9.17) is 5.10 Å². The number of rotatable bonds is 5. The number of anilines is 1. The molecule has 0 spiro atoms. The van der Waals surface area contributed by atoms with Crippen molar-refractivity contribution < 1.29 is 4.79 Å². The summed E-state index contributed by atoms with van der Waals surface area (Å²) in [7, 11) is 0. The zero-order valence-corrected chi connectivity index (χ0v) is 16.3. The zero-order chi connectivity index (χ0) is 18.1. The molecule has 1 fully saturated rings. The van der Waals surface area contributed by atoms with Crippen LogP contribution in [0.4, 0.5) is 5.13 Å². The molecule has 2 aromatic rings. The van der Waals surface area contributed by atoms with Crippen LogP contribution in [-0.4, -0.2) is 37.3 Å². The van der Waals surface area contributed by atoms with E-state index >= 15 is 0 Å². The van der Waals surface area contributed by atoms with Crippen LogP contribution in [0.25, 0.3) is 0 Å². The number of nitrogens with zero attached hydrogens (tertiary/aromatic N) is 5. The van der Waals surface area contributed by atoms with Gasteiger partial charge in [-0.1, -0.05) is 31.6 Å². The van der Waals surface area contributed by atoms with Gasteiger partial charge in [0, 0.05) is 24.9 Å². The number of aromatic nitrogens is 4. The lowest BCUT2D eigenvalue weighted by Crippen LogP contribution is -2.38. The van der Waals surface area contributed by atoms with Gasteiger partial charge in [0.05, 0.1) is 24.5 Å². The van der Waals surface area contributed by atoms with Crippen LogP contribution in [0.15, 0.2) is 6.07 Å². The molecule has 2 aromatic heterocycles. The minimum Gasteiger partial charge on any atom is -0.354 e. The highest BCUT2D eigenvalue weighted by Crippen LogP contribution is 2.29. The number of hydrogen-bond acceptors (Lipinski definition) is 6. The van der Waals surface area contributed by atoms with E-state index in [1.807, 2.05) is 4.90 Å². The molecule has 0 bridgehead atoms. The lowest BCUT2D eigenvalue weighted by Gasteiger charge is -2.30. The van der Waals surface area contributed by atoms with Gasteiger partial charge in [-0.05, 0) is 25.3 Å². The maximum Gasteiger partial charge on any atom is 0.226 e. The van der Waals surface area contributed by atoms with E-state index in [2.05, 4.69) is 40.1 Å². The molecular weight excluding hydrogens is 348 g/mol. The molecule has 1 saturated carbocycles. The molecule has 140 valence electrons. The summed E-state index contributed by atoms with van der Waals surface area (Å²) in [6.45, 7) is 7.26. The molecule has 7 nitrogen and oxygen atoms in total. The fourth-order valence-electron chi connectivity index (χ4n) is 3.42. The van der Waals surface area contributed by atoms with Gasteiger partial charge in [0.25, 0.3) is 0 Å². The van der Waals surface area contributed by atoms with Crippen LogP contribution in [0.1, 0.15) is 61.8 Å². The number of carbonyl (C=O) groups excluding carboxylic acids is 1. The Morgan fingerprint density at radius 1 is 1.31 bits per heavy atom. The maximum atomic E-state index is 12.6. The fraction of sp³-hybridized carbons (Fsp3) is 0.667. The second-order valence-electron chi connectivity index (χ2n) is 7.55. The number of amides is 1. The third kappa shape index (κ3) is 3.60. The summed E-state index contributed by atoms with van der Waals surface area (Å²) < 4.78 is 2.06. The van der Waals surface area contributed by atoms with E-state index in [1.54, 1.807) is 11.3 Å². The van der Waals surface area contributed by atoms with Crippen molar-refractivity contribution in [1.82, 2.24) is 24.9 Å². The summed E-state index contributed by atoms with van der Waals surface area (Å²) in [5, 5.41) is 18.3. The van der Waals surface area contributed by atoms with Gasteiger partial charge in [0.1, 0.15) is 5.01 Å². The Bertz CT molecular complexity index is 778. The van der Waals surface area contributed by atoms with E-state index in [0.29, 0.717) is 24.9 Å². The molecular formula is C18H26N6OS. The van der Waals surface area contributed by atoms with Gasteiger partial charge in [-0.3, -0.25) is 9.48 Å². The van der Waals surface area contributed by atoms with E-state index < -0.39 is 0 Å². The fourth-order valence-corrected chi connectivity index (χ4v) is 4.16. The van der Waals surface area contributed by atoms with Gasteiger partial charge < -0.3 is 10.2 Å². The summed E-state index contributed by atoms with van der Waals surface area (Å²) in [6.07, 6.45) is 4.28. The molecule has 1 amide bonds. The molecule has 3 heterocycles. The zero-order valence-electron chi connectivity index (χ0n) is 15.4. The second-order valence-corrected chi connectivity index (χ2v) is 8.55. The van der Waals surface area contributed by atoms with Crippen LogP contribution in [0, 0.1) is 5.92 Å². The molecule has 0 atom stereocenters. The van der Waals surface area contributed by atoms with Crippen molar-refractivity contribution >= 4 is 22.4 Å². The second kappa shape index (κ2) is 7.34. The lowest BCUT2D eigenvalue weighted by molar-refractivity contribution is -0.138. The molecule has 1 N–H and O–H groups in total. The van der Waals surface area contributed by atoms with Gasteiger partial charge in [0.2, 0.25) is 11.0 Å². The summed E-state index contributed by atoms with van der Waals surface area (Å²) in [5.74, 6) is 0.990. The van der Waals surface area contributed by atoms with Crippen LogP contribution in [0.2, 0.25) is 0 Å². The molecule has 0 aromatic carbocycles. The lowest BCUT2D eigenvalue weighted by atomic mass is 9.84. The number of fused-ring (bicyclic) bond motifs is 1. The molecule has 1 aliphatic heterocycles. The molecule has 26 heavy (non-hydrogen) atoms. The summed E-state index contributed by atoms with van der Waals surface area (Å²) >= 11 is 1.59. The average Bonchev–Trinajstić information content (AvgIpc) is 3.13. The highest BCUT2D eigenvalue weighted by atomic mass is 32.1. The molecule has 0 radical (unpaired) electrons. The number of aryl methyl sites for hydroxylation is 1. The van der Waals surface area contributed by atoms with Gasteiger partial charge in [-0.15, -0.1) is 10.2 Å². The molecule has 2 aliphatic rings. The first-order chi connectivity index (χ1) is 12.6. The third-order valence-corrected chi connectivity index (χ3v) is 6.37. The van der Waals surface area contributed by atoms with Gasteiger partial charge in [0.15, 0.2) is 0 Å². The summed E-state index contributed by atoms with van der Waals surface area (Å²) in [5.41, 5.74) is 2.12. The minimum absolute atomic E-state index is 0.262. The number of hydrogen-bond donors (Lipinski definition) is 1. The third-order valence-electron chi connectivity index (χ3n) is 5.19. The maximum absolute atomic E-state index is 12.6. The van der Waals surface area contributed by atoms with Gasteiger partial charge in [-0.25, -0.2) is 0 Å². The predicted molar refractivity (Wildman–Crippen MR) is 101 cm³/mol. The summed E-state index contributed by atoms with van der Waals surface area (Å²) in [4.78, 5) is 14.6. The van der Waals surface area contributed by atoms with Crippen molar-refractivity contribution in [2.45, 2.75) is 65.1 Å². The standard InChI is InChI=1S/C18H26N6OS/c1-12(2)16-20-21-18(26-16)19-10-14-9-15-11-23(7-4-8-24(15)22-14)17(25)13-5-3-6-13/h9,12-13H,3-8,10-11H2,1-2H3,(H,19,21). The quantitative estimate of drug-likeness (QED) is 0.871. The van der Waals surface area contributed by atoms with Crippen LogP contribution in [0.3, 0.4) is 0 Å². The van der Waals surface area contributed by atoms with E-state index in [1.165, 1.54) is 6.42 Å². The Hall–Kier alpha value is -1.96. The number of nitrogens with one attached hydrogen (secondary N) is 1. The minimum atomic E-state index is 0.262. The highest BCUT2D eigenvalue weighted by Gasteiger charge is 2.30. The Labute approximate surface area is 157 Å². The van der Waals surface area contributed by atoms with E-state index in [0.717, 1.165) is 53.9 Å². The van der Waals surface area contributed by atoms with Crippen molar-refractivity contribution in [2.24, 2.45) is 5.92 Å². The first-order valence-corrected chi connectivity index (χ1v) is 10.3. The molecule has 1 aliphatic carbocycles. The highest BCUT2D eigenvalue weighted by molar-refractivity contribution is 7.15. The van der Waals surface area contributed by atoms with E-state index in [-0.39, 0.29) is 5.92 Å². The number of carbonyl (C=O) groups is 1. The van der Waals surface area contributed by atoms with Crippen LogP contribution < -0.4 is 5.32 Å². The first kappa shape index (κ1) is 17.5. The molecule has 0 saturated heterocycles. The predicted octanol–water partition coefficient (Wildman–Crippen LogP) is 3.00. The van der Waals surface area contributed by atoms with Crippen LogP contribution in [0.5, 0.6) is 0 Å². The van der Waals surface area contributed by atoms with Crippen molar-refractivity contribution in [2.75, 3.05) is 11.9 Å². The van der Waals surface area contributed by atoms with Crippen molar-refractivity contribution in [1.29, 1.82) is 0 Å². The smallest absolute Gasteiger partial charge is 0.226 e. The normalized spacial score (nSPS) is 17.7. The monoisotopic (exact) mass is 374 g/mol. The molecule has 8 heteroatoms. The van der Waals surface area contributed by atoms with Gasteiger partial charge in [-0.2, -0.15) is 5.10 Å². The first-order valence-electron chi connectivity index (χ1n) is 9.52.